The molecule has 196 valence electrons. The lowest BCUT2D eigenvalue weighted by molar-refractivity contribution is -0.0267. The Labute approximate surface area is 212 Å². The Morgan fingerprint density at radius 2 is 1.89 bits per heavy atom. The smallest absolute Gasteiger partial charge is 0.282 e. The van der Waals surface area contributed by atoms with Crippen molar-refractivity contribution >= 4 is 27.4 Å². The molecule has 1 aliphatic rings. The van der Waals surface area contributed by atoms with Gasteiger partial charge in [0.05, 0.1) is 35.8 Å². The van der Waals surface area contributed by atoms with E-state index in [1.807, 2.05) is 18.6 Å². The van der Waals surface area contributed by atoms with Crippen LogP contribution in [0, 0.1) is 11.7 Å². The van der Waals surface area contributed by atoms with E-state index in [0.717, 1.165) is 4.90 Å². The lowest BCUT2D eigenvalue weighted by Gasteiger charge is -2.40. The monoisotopic (exact) mass is 534 g/mol. The fraction of sp³-hybridized carbons (Fsp3) is 0.280. The molecule has 1 aliphatic heterocycles. The van der Waals surface area contributed by atoms with Crippen molar-refractivity contribution in [2.45, 2.75) is 24.7 Å². The third kappa shape index (κ3) is 6.13. The van der Waals surface area contributed by atoms with Crippen LogP contribution in [0.5, 0.6) is 5.75 Å². The Bertz CT molecular complexity index is 1440. The number of ether oxygens (including phenoxy) is 1. The van der Waals surface area contributed by atoms with E-state index in [2.05, 4.69) is 4.98 Å². The number of nitrogen functional groups attached to an aromatic ring is 1. The number of amides is 1. The molecule has 1 aromatic heterocycles. The summed E-state index contributed by atoms with van der Waals surface area (Å²) >= 11 is 0. The lowest BCUT2D eigenvalue weighted by Crippen LogP contribution is -2.57. The number of anilines is 2. The summed E-state index contributed by atoms with van der Waals surface area (Å²) in [6.45, 7) is 2.81. The second-order valence-corrected chi connectivity index (χ2v) is 10.8. The summed E-state index contributed by atoms with van der Waals surface area (Å²) in [5, 5.41) is 0. The van der Waals surface area contributed by atoms with Gasteiger partial charge in [0.2, 0.25) is 0 Å². The number of nitrogens with zero attached hydrogens (tertiary/aromatic N) is 2. The van der Waals surface area contributed by atoms with Crippen LogP contribution in [0.4, 0.5) is 24.7 Å². The molecular formula is C25H25F3N4O4S. The van der Waals surface area contributed by atoms with Crippen LogP contribution in [0.1, 0.15) is 24.2 Å². The van der Waals surface area contributed by atoms with Gasteiger partial charge in [0, 0.05) is 17.3 Å². The molecule has 4 rings (SSSR count). The highest BCUT2D eigenvalue weighted by Crippen LogP contribution is 2.35. The van der Waals surface area contributed by atoms with Gasteiger partial charge in [0.15, 0.2) is 0 Å². The number of alkyl halides is 2. The van der Waals surface area contributed by atoms with Crippen LogP contribution in [0.25, 0.3) is 11.3 Å². The zero-order valence-corrected chi connectivity index (χ0v) is 20.9. The van der Waals surface area contributed by atoms with Crippen molar-refractivity contribution in [1.29, 1.82) is 0 Å². The first-order valence-corrected chi connectivity index (χ1v) is 12.8. The van der Waals surface area contributed by atoms with Gasteiger partial charge in [-0.25, -0.2) is 31.3 Å². The number of halogens is 3. The first-order valence-electron chi connectivity index (χ1n) is 11.3. The number of carbonyl (C=O) groups is 1. The van der Waals surface area contributed by atoms with E-state index >= 15 is 0 Å². The zero-order chi connectivity index (χ0) is 27.0. The highest BCUT2D eigenvalue weighted by molar-refractivity contribution is 7.90. The van der Waals surface area contributed by atoms with Gasteiger partial charge in [-0.1, -0.05) is 19.9 Å². The van der Waals surface area contributed by atoms with Crippen LogP contribution >= 0.6 is 0 Å². The second kappa shape index (κ2) is 9.92. The summed E-state index contributed by atoms with van der Waals surface area (Å²) in [4.78, 5) is 18.2. The van der Waals surface area contributed by atoms with Crippen LogP contribution in [-0.2, 0) is 10.0 Å². The van der Waals surface area contributed by atoms with Gasteiger partial charge in [0.1, 0.15) is 17.4 Å². The standard InChI is InChI=1S/C25H25F3N4O4S/c1-15(2)12-36-19-9-16(8-17(26)10-19)22-7-6-21(23(30-22)32-13-25(27,28)14-32)24(33)31-37(34,35)20-5-3-4-18(29)11-20/h3-11,15H,12-14,29H2,1-2H3,(H,31,33). The average Bonchev–Trinajstić information content (AvgIpc) is 2.80. The van der Waals surface area contributed by atoms with Gasteiger partial charge in [-0.3, -0.25) is 4.79 Å². The van der Waals surface area contributed by atoms with Gasteiger partial charge in [-0.15, -0.1) is 0 Å². The van der Waals surface area contributed by atoms with E-state index in [0.29, 0.717) is 12.2 Å². The predicted octanol–water partition coefficient (Wildman–Crippen LogP) is 4.08. The van der Waals surface area contributed by atoms with Crippen molar-refractivity contribution in [1.82, 2.24) is 9.71 Å². The minimum Gasteiger partial charge on any atom is -0.493 e. The average molecular weight is 535 g/mol. The normalized spacial score (nSPS) is 14.8. The van der Waals surface area contributed by atoms with Crippen LogP contribution in [0.2, 0.25) is 0 Å². The Morgan fingerprint density at radius 1 is 1.16 bits per heavy atom. The fourth-order valence-corrected chi connectivity index (χ4v) is 4.68. The molecule has 0 spiro atoms. The van der Waals surface area contributed by atoms with Gasteiger partial charge in [0.25, 0.3) is 21.9 Å². The number of hydrogen-bond acceptors (Lipinski definition) is 7. The number of sulfonamides is 1. The number of nitrogens with one attached hydrogen (secondary N) is 1. The van der Waals surface area contributed by atoms with Crippen molar-refractivity contribution in [2.75, 3.05) is 30.3 Å². The molecule has 1 amide bonds. The van der Waals surface area contributed by atoms with E-state index in [4.69, 9.17) is 10.5 Å². The Hall–Kier alpha value is -3.80. The zero-order valence-electron chi connectivity index (χ0n) is 20.0. The molecule has 1 saturated heterocycles. The van der Waals surface area contributed by atoms with Crippen LogP contribution in [0.3, 0.4) is 0 Å². The predicted molar refractivity (Wildman–Crippen MR) is 133 cm³/mol. The van der Waals surface area contributed by atoms with Crippen molar-refractivity contribution in [3.8, 4) is 17.0 Å². The molecule has 0 unspecified atom stereocenters. The number of benzene rings is 2. The molecule has 0 aliphatic carbocycles. The Kier molecular flexibility index (Phi) is 7.05. The maximum Gasteiger partial charge on any atom is 0.282 e. The molecule has 2 heterocycles. The molecule has 0 atom stereocenters. The Balaban J connectivity index is 1.69. The molecule has 0 saturated carbocycles. The number of nitrogens with two attached hydrogens (primary N) is 1. The Morgan fingerprint density at radius 3 is 2.54 bits per heavy atom. The number of pyridine rings is 1. The SMILES string of the molecule is CC(C)COc1cc(F)cc(-c2ccc(C(=O)NS(=O)(=O)c3cccc(N)c3)c(N3CC(F)(F)C3)n2)c1. The van der Waals surface area contributed by atoms with Crippen molar-refractivity contribution in [3.05, 3.63) is 66.0 Å². The topological polar surface area (TPSA) is 115 Å². The van der Waals surface area contributed by atoms with Gasteiger partial charge >= 0.3 is 0 Å². The van der Waals surface area contributed by atoms with Crippen molar-refractivity contribution in [3.63, 3.8) is 0 Å². The van der Waals surface area contributed by atoms with E-state index < -0.39 is 40.8 Å². The summed E-state index contributed by atoms with van der Waals surface area (Å²) in [7, 11) is -4.31. The maximum absolute atomic E-state index is 14.3. The molecular weight excluding hydrogens is 509 g/mol. The molecule has 8 nitrogen and oxygen atoms in total. The summed E-state index contributed by atoms with van der Waals surface area (Å²) < 4.78 is 74.6. The fourth-order valence-electron chi connectivity index (χ4n) is 3.66. The van der Waals surface area contributed by atoms with Crippen molar-refractivity contribution in [2.24, 2.45) is 5.92 Å². The lowest BCUT2D eigenvalue weighted by atomic mass is 10.1. The van der Waals surface area contributed by atoms with E-state index in [1.165, 1.54) is 48.5 Å². The number of carbonyl (C=O) groups excluding carboxylic acids is 1. The minimum absolute atomic E-state index is 0.155. The van der Waals surface area contributed by atoms with Gasteiger partial charge < -0.3 is 15.4 Å². The van der Waals surface area contributed by atoms with Crippen LogP contribution < -0.4 is 20.1 Å². The molecule has 1 fully saturated rings. The number of hydrogen-bond donors (Lipinski definition) is 2. The van der Waals surface area contributed by atoms with Crippen LogP contribution in [0.15, 0.2) is 59.5 Å². The minimum atomic E-state index is -4.31. The molecule has 3 N–H and O–H groups in total. The largest absolute Gasteiger partial charge is 0.493 e. The molecule has 0 bridgehead atoms. The van der Waals surface area contributed by atoms with E-state index in [-0.39, 0.29) is 39.3 Å². The summed E-state index contributed by atoms with van der Waals surface area (Å²) in [6, 6.07) is 11.9. The summed E-state index contributed by atoms with van der Waals surface area (Å²) in [6.07, 6.45) is 0. The molecule has 2 aromatic carbocycles. The number of rotatable bonds is 8. The molecule has 37 heavy (non-hydrogen) atoms. The highest BCUT2D eigenvalue weighted by Gasteiger charge is 2.45. The van der Waals surface area contributed by atoms with Crippen molar-refractivity contribution < 1.29 is 31.1 Å². The molecule has 3 aromatic rings. The molecule has 0 radical (unpaired) electrons. The first kappa shape index (κ1) is 26.3. The third-order valence-electron chi connectivity index (χ3n) is 5.41. The quantitative estimate of drug-likeness (QED) is 0.419. The van der Waals surface area contributed by atoms with Gasteiger partial charge in [-0.2, -0.15) is 0 Å². The second-order valence-electron chi connectivity index (χ2n) is 9.17. The third-order valence-corrected chi connectivity index (χ3v) is 6.74. The summed E-state index contributed by atoms with van der Waals surface area (Å²) in [5.74, 6) is -4.34. The highest BCUT2D eigenvalue weighted by atomic mass is 32.2. The maximum atomic E-state index is 14.3. The summed E-state index contributed by atoms with van der Waals surface area (Å²) in [5.41, 5.74) is 6.07. The number of aromatic nitrogens is 1. The van der Waals surface area contributed by atoms with E-state index in [9.17, 15) is 26.4 Å². The van der Waals surface area contributed by atoms with E-state index in [1.54, 1.807) is 6.07 Å². The molecule has 12 heteroatoms. The first-order chi connectivity index (χ1) is 17.3. The van der Waals surface area contributed by atoms with Gasteiger partial charge in [-0.05, 0) is 48.4 Å². The van der Waals surface area contributed by atoms with Crippen LogP contribution in [-0.4, -0.2) is 44.9 Å².